The molecule has 212 valence electrons. The fourth-order valence-electron chi connectivity index (χ4n) is 5.51. The summed E-state index contributed by atoms with van der Waals surface area (Å²) >= 11 is 6.13. The lowest BCUT2D eigenvalue weighted by molar-refractivity contribution is -0.635. The second-order valence-corrected chi connectivity index (χ2v) is 12.3. The molecule has 1 heterocycles. The van der Waals surface area contributed by atoms with E-state index < -0.39 is 16.7 Å². The van der Waals surface area contributed by atoms with Crippen LogP contribution in [-0.2, 0) is 10.8 Å². The molecular weight excluding hydrogens is 532 g/mol. The van der Waals surface area contributed by atoms with E-state index in [2.05, 4.69) is 0 Å². The van der Waals surface area contributed by atoms with Crippen LogP contribution in [0.4, 0.5) is 0 Å². The average Bonchev–Trinajstić information content (AvgIpc) is 2.87. The first-order chi connectivity index (χ1) is 18.6. The zero-order valence-electron chi connectivity index (χ0n) is 24.0. The Morgan fingerprint density at radius 1 is 0.750 bits per heavy atom. The van der Waals surface area contributed by atoms with E-state index >= 15 is 0 Å². The number of benzene rings is 3. The molecule has 0 aliphatic heterocycles. The fourth-order valence-corrected chi connectivity index (χ4v) is 5.67. The van der Waals surface area contributed by atoms with Gasteiger partial charge in [0.15, 0.2) is 0 Å². The fraction of sp³-hybridized carbons (Fsp3) is 0.355. The van der Waals surface area contributed by atoms with Gasteiger partial charge in [-0.1, -0.05) is 53.1 Å². The molecule has 8 nitrogen and oxygen atoms in total. The van der Waals surface area contributed by atoms with E-state index in [1.54, 1.807) is 12.1 Å². The van der Waals surface area contributed by atoms with Crippen molar-refractivity contribution in [2.75, 3.05) is 14.2 Å². The summed E-state index contributed by atoms with van der Waals surface area (Å²) in [6, 6.07) is 10.7. The SMILES string of the molecule is COc1ccc(O)c(C(c2c(O)ccc(OC)c2C(C)(C)C)c2c[n+]([O-])c3cc(Cl)ccc3[n+]2[O-])c1C(C)(C)C. The highest BCUT2D eigenvalue weighted by Crippen LogP contribution is 2.51. The van der Waals surface area contributed by atoms with Crippen LogP contribution < -0.4 is 18.9 Å². The van der Waals surface area contributed by atoms with E-state index in [0.717, 1.165) is 0 Å². The van der Waals surface area contributed by atoms with E-state index in [0.29, 0.717) is 48.2 Å². The van der Waals surface area contributed by atoms with E-state index in [-0.39, 0.29) is 28.2 Å². The Labute approximate surface area is 239 Å². The first-order valence-corrected chi connectivity index (χ1v) is 13.2. The molecule has 0 aliphatic rings. The number of aromatic nitrogens is 2. The van der Waals surface area contributed by atoms with Crippen LogP contribution in [0.15, 0.2) is 48.7 Å². The molecule has 0 fully saturated rings. The lowest BCUT2D eigenvalue weighted by Gasteiger charge is -2.33. The third-order valence-electron chi connectivity index (χ3n) is 7.06. The second-order valence-electron chi connectivity index (χ2n) is 11.9. The summed E-state index contributed by atoms with van der Waals surface area (Å²) in [5, 5.41) is 50.8. The topological polar surface area (TPSA) is 113 Å². The monoisotopic (exact) mass is 566 g/mol. The number of hydrogen-bond acceptors (Lipinski definition) is 6. The van der Waals surface area contributed by atoms with E-state index in [1.165, 1.54) is 50.7 Å². The molecule has 4 aromatic rings. The molecule has 0 bridgehead atoms. The number of phenols is 2. The van der Waals surface area contributed by atoms with Gasteiger partial charge >= 0.3 is 0 Å². The number of halogens is 1. The number of nitrogens with zero attached hydrogens (tertiary/aromatic N) is 2. The highest BCUT2D eigenvalue weighted by Gasteiger charge is 2.42. The van der Waals surface area contributed by atoms with Crippen molar-refractivity contribution in [1.82, 2.24) is 0 Å². The second kappa shape index (κ2) is 10.2. The van der Waals surface area contributed by atoms with Gasteiger partial charge in [0.1, 0.15) is 28.9 Å². The number of rotatable bonds is 5. The molecule has 4 rings (SSSR count). The van der Waals surface area contributed by atoms with Gasteiger partial charge in [0.05, 0.1) is 14.2 Å². The number of ether oxygens (including phenoxy) is 2. The summed E-state index contributed by atoms with van der Waals surface area (Å²) in [5.41, 5.74) is 0.902. The van der Waals surface area contributed by atoms with E-state index in [9.17, 15) is 20.6 Å². The molecule has 3 aromatic carbocycles. The predicted molar refractivity (Wildman–Crippen MR) is 155 cm³/mol. The molecule has 1 aromatic heterocycles. The quantitative estimate of drug-likeness (QED) is 0.227. The molecule has 0 atom stereocenters. The minimum atomic E-state index is -1.11. The molecular formula is C31H35ClN2O6. The first-order valence-electron chi connectivity index (χ1n) is 12.9. The third-order valence-corrected chi connectivity index (χ3v) is 7.29. The molecule has 0 saturated carbocycles. The van der Waals surface area contributed by atoms with Crippen molar-refractivity contribution in [3.63, 3.8) is 0 Å². The normalized spacial score (nSPS) is 12.2. The zero-order chi connectivity index (χ0) is 29.7. The molecule has 0 amide bonds. The minimum Gasteiger partial charge on any atom is -0.618 e. The summed E-state index contributed by atoms with van der Waals surface area (Å²) in [5.74, 6) is -0.362. The molecule has 0 aliphatic carbocycles. The number of hydrogen-bond donors (Lipinski definition) is 2. The summed E-state index contributed by atoms with van der Waals surface area (Å²) in [4.78, 5) is 0. The maximum absolute atomic E-state index is 14.1. The van der Waals surface area contributed by atoms with Crippen LogP contribution in [-0.4, -0.2) is 24.4 Å². The molecule has 0 spiro atoms. The third kappa shape index (κ3) is 4.92. The van der Waals surface area contributed by atoms with Crippen LogP contribution >= 0.6 is 11.6 Å². The van der Waals surface area contributed by atoms with Crippen LogP contribution in [0.1, 0.15) is 75.4 Å². The van der Waals surface area contributed by atoms with Crippen molar-refractivity contribution in [1.29, 1.82) is 0 Å². The Balaban J connectivity index is 2.30. The van der Waals surface area contributed by atoms with Gasteiger partial charge in [-0.25, -0.2) is 0 Å². The summed E-state index contributed by atoms with van der Waals surface area (Å²) in [6.45, 7) is 11.8. The van der Waals surface area contributed by atoms with Crippen LogP contribution in [0.5, 0.6) is 23.0 Å². The van der Waals surface area contributed by atoms with Crippen molar-refractivity contribution in [2.45, 2.75) is 58.3 Å². The molecule has 40 heavy (non-hydrogen) atoms. The highest BCUT2D eigenvalue weighted by atomic mass is 35.5. The summed E-state index contributed by atoms with van der Waals surface area (Å²) < 4.78 is 12.7. The minimum absolute atomic E-state index is 0.00655. The standard InChI is InChI=1S/C31H35ClN2O6/c1-30(2,3)28-23(39-7)13-11-21(35)26(28)25(27-22(36)12-14-24(40-8)29(27)31(4,5)6)20-16-33(37)19-15-17(32)9-10-18(19)34(20)38/h9-16,25,35-36H,1-8H3. The van der Waals surface area contributed by atoms with E-state index in [4.69, 9.17) is 21.1 Å². The van der Waals surface area contributed by atoms with E-state index in [1.807, 2.05) is 41.5 Å². The van der Waals surface area contributed by atoms with Gasteiger partial charge in [0.2, 0.25) is 0 Å². The van der Waals surface area contributed by atoms with Gasteiger partial charge in [0, 0.05) is 39.4 Å². The molecule has 0 radical (unpaired) electrons. The Morgan fingerprint density at radius 3 is 1.65 bits per heavy atom. The lowest BCUT2D eigenvalue weighted by Crippen LogP contribution is -2.43. The van der Waals surface area contributed by atoms with Gasteiger partial charge in [-0.3, -0.25) is 0 Å². The maximum atomic E-state index is 14.1. The van der Waals surface area contributed by atoms with Crippen molar-refractivity contribution < 1.29 is 29.1 Å². The summed E-state index contributed by atoms with van der Waals surface area (Å²) in [6.07, 6.45) is 1.17. The van der Waals surface area contributed by atoms with Crippen molar-refractivity contribution >= 4 is 22.6 Å². The molecule has 0 unspecified atom stereocenters. The highest BCUT2D eigenvalue weighted by molar-refractivity contribution is 6.31. The predicted octanol–water partition coefficient (Wildman–Crippen LogP) is 5.96. The van der Waals surface area contributed by atoms with Crippen LogP contribution in [0.2, 0.25) is 5.02 Å². The molecule has 9 heteroatoms. The maximum Gasteiger partial charge on any atom is 0.291 e. The Bertz CT molecular complexity index is 1530. The van der Waals surface area contributed by atoms with Gasteiger partial charge < -0.3 is 30.1 Å². The van der Waals surface area contributed by atoms with Gasteiger partial charge in [0.25, 0.3) is 22.9 Å². The van der Waals surface area contributed by atoms with Crippen molar-refractivity contribution in [2.24, 2.45) is 0 Å². The van der Waals surface area contributed by atoms with Crippen LogP contribution in [0.3, 0.4) is 0 Å². The van der Waals surface area contributed by atoms with Gasteiger partial charge in [-0.15, -0.1) is 0 Å². The Morgan fingerprint density at radius 2 is 1.23 bits per heavy atom. The number of methoxy groups -OCH3 is 2. The van der Waals surface area contributed by atoms with Crippen LogP contribution in [0.25, 0.3) is 11.0 Å². The van der Waals surface area contributed by atoms with Crippen molar-refractivity contribution in [3.8, 4) is 23.0 Å². The van der Waals surface area contributed by atoms with Gasteiger partial charge in [-0.2, -0.15) is 9.46 Å². The van der Waals surface area contributed by atoms with Gasteiger partial charge in [-0.05, 0) is 41.2 Å². The number of aromatic hydroxyl groups is 2. The Kier molecular flexibility index (Phi) is 7.45. The number of fused-ring (bicyclic) bond motifs is 1. The average molecular weight is 567 g/mol. The van der Waals surface area contributed by atoms with Crippen molar-refractivity contribution in [3.05, 3.63) is 92.0 Å². The Hall–Kier alpha value is -3.91. The molecule has 2 N–H and O–H groups in total. The first kappa shape index (κ1) is 29.1. The van der Waals surface area contributed by atoms with Crippen LogP contribution in [0, 0.1) is 10.4 Å². The lowest BCUT2D eigenvalue weighted by atomic mass is 9.72. The smallest absolute Gasteiger partial charge is 0.291 e. The molecule has 0 saturated heterocycles. The number of phenolic OH excluding ortho intramolecular Hbond substituents is 2. The zero-order valence-corrected chi connectivity index (χ0v) is 24.8. The largest absolute Gasteiger partial charge is 0.618 e. The summed E-state index contributed by atoms with van der Waals surface area (Å²) in [7, 11) is 3.06.